The average Bonchev–Trinajstić information content (AvgIpc) is 3.75. The largest absolute Gasteiger partial charge is 0.479 e. The van der Waals surface area contributed by atoms with Gasteiger partial charge in [0.1, 0.15) is 34.6 Å². The molecule has 292 valence electrons. The number of ether oxygens (including phenoxy) is 1. The van der Waals surface area contributed by atoms with E-state index >= 15 is 0 Å². The maximum absolute atomic E-state index is 14.6. The molecule has 2 saturated carbocycles. The zero-order valence-corrected chi connectivity index (χ0v) is 32.4. The summed E-state index contributed by atoms with van der Waals surface area (Å²) >= 11 is 1.70. The Labute approximate surface area is 325 Å². The van der Waals surface area contributed by atoms with Crippen molar-refractivity contribution in [3.05, 3.63) is 75.8 Å². The molecule has 13 heteroatoms. The summed E-state index contributed by atoms with van der Waals surface area (Å²) in [4.78, 5) is 53.2. The summed E-state index contributed by atoms with van der Waals surface area (Å²) < 4.78 is 23.1. The van der Waals surface area contributed by atoms with E-state index in [4.69, 9.17) is 14.7 Å². The van der Waals surface area contributed by atoms with Gasteiger partial charge in [0.25, 0.3) is 6.01 Å². The van der Waals surface area contributed by atoms with Crippen LogP contribution in [-0.2, 0) is 14.4 Å². The number of hydrogen-bond donors (Lipinski definition) is 3. The van der Waals surface area contributed by atoms with Gasteiger partial charge in [-0.15, -0.1) is 11.3 Å². The fourth-order valence-electron chi connectivity index (χ4n) is 9.04. The van der Waals surface area contributed by atoms with Crippen LogP contribution in [0.3, 0.4) is 0 Å². The number of rotatable bonds is 8. The van der Waals surface area contributed by atoms with Gasteiger partial charge >= 0.3 is 5.97 Å². The Balaban J connectivity index is 1.09. The number of imidazole rings is 1. The second-order valence-electron chi connectivity index (χ2n) is 16.2. The van der Waals surface area contributed by atoms with Gasteiger partial charge in [0.2, 0.25) is 11.8 Å². The fourth-order valence-corrected chi connectivity index (χ4v) is 10.1. The van der Waals surface area contributed by atoms with Crippen LogP contribution < -0.4 is 15.4 Å². The van der Waals surface area contributed by atoms with Gasteiger partial charge in [-0.3, -0.25) is 14.2 Å². The highest BCUT2D eigenvalue weighted by atomic mass is 32.1. The first-order valence-electron chi connectivity index (χ1n) is 20.1. The zero-order valence-electron chi connectivity index (χ0n) is 31.6. The molecule has 11 nitrogen and oxygen atoms in total. The van der Waals surface area contributed by atoms with Crippen LogP contribution in [0.25, 0.3) is 6.08 Å². The molecule has 2 aromatic heterocycles. The second kappa shape index (κ2) is 15.5. The molecule has 0 radical (unpaired) electrons. The third-order valence-corrected chi connectivity index (χ3v) is 13.1. The Hall–Kier alpha value is -4.52. The molecular weight excluding hydrogens is 720 g/mol. The van der Waals surface area contributed by atoms with Gasteiger partial charge in [0.05, 0.1) is 29.5 Å². The highest BCUT2D eigenvalue weighted by Crippen LogP contribution is 2.46. The first-order valence-corrected chi connectivity index (χ1v) is 20.9. The molecule has 1 unspecified atom stereocenters. The molecule has 6 atom stereocenters. The first-order chi connectivity index (χ1) is 26.6. The summed E-state index contributed by atoms with van der Waals surface area (Å²) in [5.74, 6) is -2.13. The van der Waals surface area contributed by atoms with E-state index in [2.05, 4.69) is 46.6 Å². The number of carbonyl (C=O) groups excluding carboxylic acids is 2. The van der Waals surface area contributed by atoms with Gasteiger partial charge in [0.15, 0.2) is 0 Å². The topological polar surface area (TPSA) is 139 Å². The lowest BCUT2D eigenvalue weighted by Crippen LogP contribution is -2.55. The van der Waals surface area contributed by atoms with Crippen molar-refractivity contribution >= 4 is 40.9 Å². The lowest BCUT2D eigenvalue weighted by molar-refractivity contribution is -0.145. The third-order valence-electron chi connectivity index (χ3n) is 12.1. The number of benzene rings is 1. The van der Waals surface area contributed by atoms with Crippen molar-refractivity contribution < 1.29 is 28.6 Å². The van der Waals surface area contributed by atoms with Gasteiger partial charge < -0.3 is 25.4 Å². The van der Waals surface area contributed by atoms with Crippen molar-refractivity contribution in [2.75, 3.05) is 11.9 Å². The number of carbonyl (C=O) groups is 3. The van der Waals surface area contributed by atoms with Crippen LogP contribution in [-0.4, -0.2) is 72.6 Å². The summed E-state index contributed by atoms with van der Waals surface area (Å²) in [5, 5.41) is 19.7. The minimum absolute atomic E-state index is 0.00285. The number of carboxylic acid groups (broad SMARTS) is 1. The number of carboxylic acids is 1. The van der Waals surface area contributed by atoms with Gasteiger partial charge in [0, 0.05) is 35.4 Å². The molecule has 0 bridgehead atoms. The van der Waals surface area contributed by atoms with Crippen molar-refractivity contribution in [1.82, 2.24) is 24.8 Å². The summed E-state index contributed by atoms with van der Waals surface area (Å²) in [5.41, 5.74) is 2.13. The van der Waals surface area contributed by atoms with E-state index < -0.39 is 41.4 Å². The molecule has 4 heterocycles. The Morgan fingerprint density at radius 2 is 1.93 bits per heavy atom. The number of nitrogens with zero attached hydrogens (tertiary/aromatic N) is 4. The van der Waals surface area contributed by atoms with Crippen molar-refractivity contribution in [2.24, 2.45) is 5.92 Å². The Morgan fingerprint density at radius 3 is 2.71 bits per heavy atom. The number of halogens is 1. The van der Waals surface area contributed by atoms with Crippen molar-refractivity contribution in [2.45, 2.75) is 133 Å². The molecule has 55 heavy (non-hydrogen) atoms. The number of fused-ring (bicyclic) bond motifs is 3. The van der Waals surface area contributed by atoms with E-state index in [1.165, 1.54) is 48.4 Å². The molecular formula is C42H51FN6O5S. The Kier molecular flexibility index (Phi) is 10.6. The van der Waals surface area contributed by atoms with Crippen molar-refractivity contribution in [3.63, 3.8) is 0 Å². The molecule has 0 spiro atoms. The maximum atomic E-state index is 14.6. The van der Waals surface area contributed by atoms with Crippen LogP contribution in [0, 0.1) is 11.7 Å². The molecule has 3 fully saturated rings. The van der Waals surface area contributed by atoms with Crippen LogP contribution in [0.4, 0.5) is 10.1 Å². The van der Waals surface area contributed by atoms with E-state index in [9.17, 15) is 23.9 Å². The number of nitrogens with one attached hydrogen (secondary N) is 2. The van der Waals surface area contributed by atoms with E-state index in [0.717, 1.165) is 48.5 Å². The van der Waals surface area contributed by atoms with Gasteiger partial charge in [-0.1, -0.05) is 50.0 Å². The molecule has 5 aliphatic rings. The SMILES string of the molecule is CC(C)n1c(O[C@@H]2C[C@H]3C(=O)N[C@]4(C(=O)O)C[C@H]4/C=C\CCCCC[C@H](Nc4cccc(F)c4)C(=O)N3C2)nc2c1C=CCC2c1nc(C2CCCC2)cs1. The average molecular weight is 771 g/mol. The normalized spacial score (nSPS) is 29.2. The monoisotopic (exact) mass is 770 g/mol. The highest BCUT2D eigenvalue weighted by Gasteiger charge is 2.61. The van der Waals surface area contributed by atoms with Gasteiger partial charge in [-0.05, 0) is 83.1 Å². The van der Waals surface area contributed by atoms with Crippen LogP contribution in [0.2, 0.25) is 0 Å². The molecule has 1 aromatic carbocycles. The molecule has 2 aliphatic heterocycles. The lowest BCUT2D eigenvalue weighted by Gasteiger charge is -2.30. The minimum Gasteiger partial charge on any atom is -0.479 e. The minimum atomic E-state index is -1.41. The number of thiazole rings is 1. The summed E-state index contributed by atoms with van der Waals surface area (Å²) in [6.45, 7) is 4.27. The first kappa shape index (κ1) is 37.4. The Morgan fingerprint density at radius 1 is 1.11 bits per heavy atom. The molecule has 8 rings (SSSR count). The smallest absolute Gasteiger partial charge is 0.330 e. The van der Waals surface area contributed by atoms with E-state index in [-0.39, 0.29) is 36.8 Å². The zero-order chi connectivity index (χ0) is 38.3. The third kappa shape index (κ3) is 7.56. The molecule has 3 aromatic rings. The fraction of sp³-hybridized carbons (Fsp3) is 0.548. The molecule has 3 aliphatic carbocycles. The number of allylic oxidation sites excluding steroid dienone is 2. The number of amides is 2. The Bertz CT molecular complexity index is 1980. The quantitative estimate of drug-likeness (QED) is 0.200. The number of anilines is 1. The predicted octanol–water partition coefficient (Wildman–Crippen LogP) is 7.57. The number of aromatic nitrogens is 3. The predicted molar refractivity (Wildman–Crippen MR) is 209 cm³/mol. The highest BCUT2D eigenvalue weighted by molar-refractivity contribution is 7.09. The van der Waals surface area contributed by atoms with Gasteiger partial charge in [-0.2, -0.15) is 4.98 Å². The van der Waals surface area contributed by atoms with Crippen molar-refractivity contribution in [1.29, 1.82) is 0 Å². The lowest BCUT2D eigenvalue weighted by atomic mass is 9.95. The number of aliphatic carboxylic acids is 1. The number of hydrogen-bond acceptors (Lipinski definition) is 8. The van der Waals surface area contributed by atoms with Crippen LogP contribution in [0.15, 0.2) is 47.9 Å². The molecule has 1 saturated heterocycles. The summed E-state index contributed by atoms with van der Waals surface area (Å²) in [6, 6.07) is 4.74. The molecule has 2 amide bonds. The van der Waals surface area contributed by atoms with E-state index in [0.29, 0.717) is 30.5 Å². The van der Waals surface area contributed by atoms with Crippen LogP contribution in [0.5, 0.6) is 6.01 Å². The van der Waals surface area contributed by atoms with Crippen molar-refractivity contribution in [3.8, 4) is 6.01 Å². The standard InChI is InChI=1S/C42H51FN6O5S/c1-25(2)49-34-19-11-17-31(38-45-33(24-55-38)26-12-8-9-13-26)36(34)46-41(49)54-30-21-35-37(50)47-42(40(52)53)22-27(42)14-6-4-3-5-7-18-32(39(51)48(35)23-30)44-29-16-10-15-28(43)20-29/h6,10-11,14-16,19-20,24-27,30-32,35,44H,3-5,7-9,12-13,17-18,21-23H2,1-2H3,(H,47,50)(H,52,53)/b14-6-/t27-,30-,31?,32+,35+,42-/m1/s1. The second-order valence-corrected chi connectivity index (χ2v) is 17.1. The van der Waals surface area contributed by atoms with Gasteiger partial charge in [-0.25, -0.2) is 14.2 Å². The maximum Gasteiger partial charge on any atom is 0.330 e. The van der Waals surface area contributed by atoms with Crippen LogP contribution >= 0.6 is 11.3 Å². The summed E-state index contributed by atoms with van der Waals surface area (Å²) in [7, 11) is 0. The van der Waals surface area contributed by atoms with E-state index in [1.807, 2.05) is 12.2 Å². The molecule has 3 N–H and O–H groups in total. The van der Waals surface area contributed by atoms with Crippen LogP contribution in [0.1, 0.15) is 131 Å². The summed E-state index contributed by atoms with van der Waals surface area (Å²) in [6.07, 6.45) is 17.5. The van der Waals surface area contributed by atoms with E-state index in [1.54, 1.807) is 23.5 Å².